The average Bonchev–Trinajstić information content (AvgIpc) is 2.36. The zero-order chi connectivity index (χ0) is 14.0. The maximum atomic E-state index is 10.9. The lowest BCUT2D eigenvalue weighted by Crippen LogP contribution is -2.25. The lowest BCUT2D eigenvalue weighted by Gasteiger charge is -2.30. The average molecular weight is 266 g/mol. The van der Waals surface area contributed by atoms with Gasteiger partial charge in [-0.1, -0.05) is 0 Å². The highest BCUT2D eigenvalue weighted by Crippen LogP contribution is 2.39. The Morgan fingerprint density at radius 2 is 2.00 bits per heavy atom. The van der Waals surface area contributed by atoms with E-state index in [1.165, 1.54) is 0 Å². The van der Waals surface area contributed by atoms with E-state index in [0.717, 1.165) is 17.5 Å². The number of hydrogen-bond donors (Lipinski definition) is 1. The van der Waals surface area contributed by atoms with Gasteiger partial charge in [0, 0.05) is 0 Å². The first-order valence-electron chi connectivity index (χ1n) is 6.17. The van der Waals surface area contributed by atoms with Crippen molar-refractivity contribution in [2.75, 3.05) is 14.2 Å². The largest absolute Gasteiger partial charge is 0.493 e. The fraction of sp³-hybridized carbons (Fsp3) is 0.500. The molecule has 0 fully saturated rings. The second kappa shape index (κ2) is 5.48. The third-order valence-corrected chi connectivity index (χ3v) is 3.26. The summed E-state index contributed by atoms with van der Waals surface area (Å²) < 4.78 is 16.2. The van der Waals surface area contributed by atoms with Gasteiger partial charge in [-0.15, -0.1) is 0 Å². The Kier molecular flexibility index (Phi) is 3.95. The number of ether oxygens (including phenoxy) is 3. The van der Waals surface area contributed by atoms with Crippen LogP contribution >= 0.6 is 0 Å². The predicted octanol–water partition coefficient (Wildman–Crippen LogP) is 2.18. The molecule has 1 heterocycles. The number of rotatable bonds is 4. The molecule has 1 aromatic rings. The summed E-state index contributed by atoms with van der Waals surface area (Å²) in [6.45, 7) is 1.94. The molecule has 0 radical (unpaired) electrons. The second-order valence-corrected chi connectivity index (χ2v) is 4.64. The first-order chi connectivity index (χ1) is 9.05. The van der Waals surface area contributed by atoms with E-state index < -0.39 is 12.1 Å². The number of hydrogen-bond acceptors (Lipinski definition) is 4. The van der Waals surface area contributed by atoms with Gasteiger partial charge in [-0.3, -0.25) is 4.79 Å². The highest BCUT2D eigenvalue weighted by molar-refractivity contribution is 5.68. The molecule has 2 atom stereocenters. The summed E-state index contributed by atoms with van der Waals surface area (Å²) in [5, 5.41) is 8.97. The molecule has 0 saturated heterocycles. The molecule has 19 heavy (non-hydrogen) atoms. The highest BCUT2D eigenvalue weighted by Gasteiger charge is 2.28. The van der Waals surface area contributed by atoms with Gasteiger partial charge in [-0.25, -0.2) is 0 Å². The van der Waals surface area contributed by atoms with Gasteiger partial charge in [0.1, 0.15) is 0 Å². The summed E-state index contributed by atoms with van der Waals surface area (Å²) in [6.07, 6.45) is 0.254. The molecule has 0 bridgehead atoms. The van der Waals surface area contributed by atoms with Crippen molar-refractivity contribution in [3.05, 3.63) is 23.3 Å². The van der Waals surface area contributed by atoms with Crippen LogP contribution in [0.3, 0.4) is 0 Å². The molecule has 0 aliphatic carbocycles. The minimum atomic E-state index is -0.875. The summed E-state index contributed by atoms with van der Waals surface area (Å²) in [4.78, 5) is 10.9. The van der Waals surface area contributed by atoms with Gasteiger partial charge in [0.15, 0.2) is 11.5 Å². The molecule has 0 spiro atoms. The first-order valence-corrected chi connectivity index (χ1v) is 6.17. The summed E-state index contributed by atoms with van der Waals surface area (Å²) in [5.41, 5.74) is 1.93. The van der Waals surface area contributed by atoms with Crippen molar-refractivity contribution in [1.29, 1.82) is 0 Å². The molecule has 0 saturated carbocycles. The summed E-state index contributed by atoms with van der Waals surface area (Å²) >= 11 is 0. The van der Waals surface area contributed by atoms with E-state index in [1.54, 1.807) is 14.2 Å². The van der Waals surface area contributed by atoms with Crippen molar-refractivity contribution < 1.29 is 24.1 Å². The molecule has 2 rings (SSSR count). The topological polar surface area (TPSA) is 65.0 Å². The summed E-state index contributed by atoms with van der Waals surface area (Å²) in [7, 11) is 3.14. The van der Waals surface area contributed by atoms with Crippen molar-refractivity contribution in [2.45, 2.75) is 32.0 Å². The van der Waals surface area contributed by atoms with Gasteiger partial charge in [0.25, 0.3) is 0 Å². The fourth-order valence-electron chi connectivity index (χ4n) is 2.44. The third kappa shape index (κ3) is 2.81. The van der Waals surface area contributed by atoms with Crippen LogP contribution in [0.25, 0.3) is 0 Å². The Morgan fingerprint density at radius 3 is 2.58 bits per heavy atom. The van der Waals surface area contributed by atoms with Crippen molar-refractivity contribution in [3.63, 3.8) is 0 Å². The van der Waals surface area contributed by atoms with E-state index in [9.17, 15) is 4.79 Å². The monoisotopic (exact) mass is 266 g/mol. The Balaban J connectivity index is 2.44. The second-order valence-electron chi connectivity index (χ2n) is 4.64. The molecule has 1 aliphatic heterocycles. The van der Waals surface area contributed by atoms with Crippen LogP contribution in [0.2, 0.25) is 0 Å². The Labute approximate surface area is 112 Å². The van der Waals surface area contributed by atoms with Crippen LogP contribution in [0, 0.1) is 0 Å². The minimum absolute atomic E-state index is 0.00467. The number of benzene rings is 1. The van der Waals surface area contributed by atoms with Crippen molar-refractivity contribution in [1.82, 2.24) is 0 Å². The van der Waals surface area contributed by atoms with Crippen molar-refractivity contribution in [3.8, 4) is 11.5 Å². The van der Waals surface area contributed by atoms with E-state index in [4.69, 9.17) is 19.3 Å². The van der Waals surface area contributed by atoms with Crippen LogP contribution in [-0.4, -0.2) is 31.4 Å². The number of carboxylic acids is 1. The standard InChI is InChI=1S/C14H18O5/c1-8-4-9-5-12(17-2)13(18-3)6-10(9)11(19-8)7-14(15)16/h5-6,8,11H,4,7H2,1-3H3,(H,15,16)/t8-,11-/m0/s1. The molecule has 1 aromatic carbocycles. The zero-order valence-corrected chi connectivity index (χ0v) is 11.3. The maximum Gasteiger partial charge on any atom is 0.306 e. The summed E-state index contributed by atoms with van der Waals surface area (Å²) in [5.74, 6) is 0.374. The molecule has 0 unspecified atom stereocenters. The smallest absolute Gasteiger partial charge is 0.306 e. The highest BCUT2D eigenvalue weighted by atomic mass is 16.5. The van der Waals surface area contributed by atoms with E-state index >= 15 is 0 Å². The maximum absolute atomic E-state index is 10.9. The molecule has 0 amide bonds. The van der Waals surface area contributed by atoms with Crippen molar-refractivity contribution in [2.24, 2.45) is 0 Å². The molecule has 5 nitrogen and oxygen atoms in total. The number of fused-ring (bicyclic) bond motifs is 1. The minimum Gasteiger partial charge on any atom is -0.493 e. The third-order valence-electron chi connectivity index (χ3n) is 3.26. The Morgan fingerprint density at radius 1 is 1.37 bits per heavy atom. The van der Waals surface area contributed by atoms with Gasteiger partial charge in [-0.2, -0.15) is 0 Å². The quantitative estimate of drug-likeness (QED) is 0.904. The zero-order valence-electron chi connectivity index (χ0n) is 11.3. The van der Waals surface area contributed by atoms with Gasteiger partial charge in [0.05, 0.1) is 32.8 Å². The van der Waals surface area contributed by atoms with Gasteiger partial charge >= 0.3 is 5.97 Å². The van der Waals surface area contributed by atoms with E-state index in [2.05, 4.69) is 0 Å². The van der Waals surface area contributed by atoms with Crippen LogP contribution < -0.4 is 9.47 Å². The lowest BCUT2D eigenvalue weighted by atomic mass is 9.92. The van der Waals surface area contributed by atoms with Gasteiger partial charge < -0.3 is 19.3 Å². The van der Waals surface area contributed by atoms with Crippen molar-refractivity contribution >= 4 is 5.97 Å². The van der Waals surface area contributed by atoms with Crippen LogP contribution in [0.15, 0.2) is 12.1 Å². The van der Waals surface area contributed by atoms with E-state index in [1.807, 2.05) is 19.1 Å². The van der Waals surface area contributed by atoms with Gasteiger partial charge in [-0.05, 0) is 36.6 Å². The SMILES string of the molecule is COc1cc2c(cc1OC)[C@H](CC(=O)O)O[C@@H](C)C2. The molecule has 1 aliphatic rings. The van der Waals surface area contributed by atoms with Gasteiger partial charge in [0.2, 0.25) is 0 Å². The Hall–Kier alpha value is -1.75. The molecule has 104 valence electrons. The van der Waals surface area contributed by atoms with Crippen LogP contribution in [0.1, 0.15) is 30.6 Å². The van der Waals surface area contributed by atoms with Crippen LogP contribution in [0.5, 0.6) is 11.5 Å². The van der Waals surface area contributed by atoms with Crippen LogP contribution in [0.4, 0.5) is 0 Å². The number of carboxylic acid groups (broad SMARTS) is 1. The number of methoxy groups -OCH3 is 2. The Bertz CT molecular complexity index is 483. The molecular weight excluding hydrogens is 248 g/mol. The molecule has 0 aromatic heterocycles. The number of aliphatic carboxylic acids is 1. The fourth-order valence-corrected chi connectivity index (χ4v) is 2.44. The van der Waals surface area contributed by atoms with E-state index in [-0.39, 0.29) is 12.5 Å². The van der Waals surface area contributed by atoms with Crippen LogP contribution in [-0.2, 0) is 16.0 Å². The summed E-state index contributed by atoms with van der Waals surface area (Å²) in [6, 6.07) is 3.72. The number of carbonyl (C=O) groups is 1. The predicted molar refractivity (Wildman–Crippen MR) is 68.8 cm³/mol. The van der Waals surface area contributed by atoms with E-state index in [0.29, 0.717) is 11.5 Å². The first kappa shape index (κ1) is 13.7. The molecule has 1 N–H and O–H groups in total. The normalized spacial score (nSPS) is 21.6. The lowest BCUT2D eigenvalue weighted by molar-refractivity contribution is -0.141. The molecular formula is C14H18O5. The molecule has 5 heteroatoms.